The summed E-state index contributed by atoms with van der Waals surface area (Å²) >= 11 is 18.4. The van der Waals surface area contributed by atoms with E-state index in [-0.39, 0.29) is 33.4 Å². The third-order valence-corrected chi connectivity index (χ3v) is 4.46. The average molecular weight is 415 g/mol. The number of rotatable bonds is 3. The molecular weight excluding hydrogens is 401 g/mol. The molecule has 10 heteroatoms. The first-order chi connectivity index (χ1) is 12.3. The van der Waals surface area contributed by atoms with E-state index >= 15 is 0 Å². The number of amidine groups is 1. The number of carbonyl (C=O) groups excluding carboxylic acids is 2. The van der Waals surface area contributed by atoms with Crippen molar-refractivity contribution in [3.05, 3.63) is 45.7 Å². The van der Waals surface area contributed by atoms with Gasteiger partial charge in [-0.2, -0.15) is 10.1 Å². The van der Waals surface area contributed by atoms with Gasteiger partial charge in [0.1, 0.15) is 5.69 Å². The quantitative estimate of drug-likeness (QED) is 0.834. The Hall–Kier alpha value is -2.09. The number of nitrogens with one attached hydrogen (secondary N) is 1. The lowest BCUT2D eigenvalue weighted by Crippen LogP contribution is -2.40. The van der Waals surface area contributed by atoms with Crippen LogP contribution in [0.3, 0.4) is 0 Å². The molecule has 3 rings (SSSR count). The Morgan fingerprint density at radius 3 is 2.42 bits per heavy atom. The van der Waals surface area contributed by atoms with Crippen LogP contribution in [0.5, 0.6) is 0 Å². The number of amides is 2. The molecule has 0 aliphatic carbocycles. The van der Waals surface area contributed by atoms with Crippen LogP contribution in [0, 0.1) is 5.92 Å². The third kappa shape index (κ3) is 3.42. The highest BCUT2D eigenvalue weighted by atomic mass is 35.5. The number of hydrazone groups is 1. The fourth-order valence-corrected chi connectivity index (χ4v) is 3.35. The lowest BCUT2D eigenvalue weighted by atomic mass is 10.2. The first-order valence-electron chi connectivity index (χ1n) is 7.66. The zero-order chi connectivity index (χ0) is 19.0. The third-order valence-electron chi connectivity index (χ3n) is 3.67. The van der Waals surface area contributed by atoms with E-state index in [0.717, 1.165) is 5.01 Å². The summed E-state index contributed by atoms with van der Waals surface area (Å²) in [5, 5.41) is 12.7. The van der Waals surface area contributed by atoms with E-state index in [1.807, 2.05) is 0 Å². The number of anilines is 1. The van der Waals surface area contributed by atoms with Gasteiger partial charge in [-0.05, 0) is 18.2 Å². The molecule has 0 saturated heterocycles. The molecule has 1 N–H and O–H groups in total. The minimum absolute atomic E-state index is 0.138. The van der Waals surface area contributed by atoms with E-state index < -0.39 is 11.9 Å². The molecule has 1 aromatic carbocycles. The Morgan fingerprint density at radius 2 is 1.88 bits per heavy atom. The van der Waals surface area contributed by atoms with Crippen molar-refractivity contribution in [2.75, 3.05) is 5.01 Å². The molecular formula is C16H14Cl3N5O2. The molecule has 0 fully saturated rings. The molecule has 1 aromatic heterocycles. The maximum atomic E-state index is 13.0. The van der Waals surface area contributed by atoms with Crippen LogP contribution < -0.4 is 10.3 Å². The molecule has 1 atom stereocenters. The summed E-state index contributed by atoms with van der Waals surface area (Å²) in [6.07, 6.45) is 3.13. The minimum atomic E-state index is -0.935. The van der Waals surface area contributed by atoms with Crippen molar-refractivity contribution in [3.8, 4) is 0 Å². The van der Waals surface area contributed by atoms with Crippen LogP contribution in [0.2, 0.25) is 15.1 Å². The van der Waals surface area contributed by atoms with Gasteiger partial charge in [0.15, 0.2) is 11.9 Å². The molecule has 1 unspecified atom stereocenters. The summed E-state index contributed by atoms with van der Waals surface area (Å²) in [7, 11) is 0. The van der Waals surface area contributed by atoms with Gasteiger partial charge in [-0.1, -0.05) is 48.7 Å². The van der Waals surface area contributed by atoms with Gasteiger partial charge < -0.3 is 5.32 Å². The summed E-state index contributed by atoms with van der Waals surface area (Å²) in [4.78, 5) is 25.1. The molecule has 26 heavy (non-hydrogen) atoms. The van der Waals surface area contributed by atoms with Crippen LogP contribution in [0.15, 0.2) is 35.7 Å². The van der Waals surface area contributed by atoms with Crippen LogP contribution in [-0.2, 0) is 9.59 Å². The molecule has 136 valence electrons. The number of hydrogen-bond acceptors (Lipinski definition) is 4. The summed E-state index contributed by atoms with van der Waals surface area (Å²) in [6, 6.07) is 3.65. The Kier molecular flexibility index (Phi) is 5.22. The van der Waals surface area contributed by atoms with Gasteiger partial charge >= 0.3 is 0 Å². The number of nitrogens with zero attached hydrogens (tertiary/aromatic N) is 4. The Balaban J connectivity index is 2.06. The second-order valence-corrected chi connectivity index (χ2v) is 7.14. The molecule has 2 aromatic rings. The van der Waals surface area contributed by atoms with Crippen molar-refractivity contribution in [3.63, 3.8) is 0 Å². The normalized spacial score (nSPS) is 17.0. The predicted molar refractivity (Wildman–Crippen MR) is 101 cm³/mol. The van der Waals surface area contributed by atoms with E-state index in [1.54, 1.807) is 26.1 Å². The summed E-state index contributed by atoms with van der Waals surface area (Å²) < 4.78 is 1.40. The molecule has 0 spiro atoms. The highest BCUT2D eigenvalue weighted by Crippen LogP contribution is 2.39. The molecule has 2 amide bonds. The van der Waals surface area contributed by atoms with Crippen LogP contribution in [0.25, 0.3) is 0 Å². The molecule has 0 bridgehead atoms. The van der Waals surface area contributed by atoms with Crippen molar-refractivity contribution in [2.24, 2.45) is 11.0 Å². The molecule has 1 aliphatic rings. The van der Waals surface area contributed by atoms with Crippen LogP contribution in [0.1, 0.15) is 19.9 Å². The Bertz CT molecular complexity index is 872. The highest BCUT2D eigenvalue weighted by Gasteiger charge is 2.41. The van der Waals surface area contributed by atoms with Crippen molar-refractivity contribution in [1.82, 2.24) is 15.1 Å². The Labute approximate surface area is 164 Å². The maximum absolute atomic E-state index is 13.0. The van der Waals surface area contributed by atoms with Gasteiger partial charge in [-0.3, -0.25) is 14.3 Å². The number of hydrogen-bond donors (Lipinski definition) is 1. The molecule has 1 aliphatic heterocycles. The number of benzene rings is 1. The predicted octanol–water partition coefficient (Wildman–Crippen LogP) is 3.52. The van der Waals surface area contributed by atoms with E-state index in [4.69, 9.17) is 34.8 Å². The topological polar surface area (TPSA) is 79.6 Å². The fourth-order valence-electron chi connectivity index (χ4n) is 2.38. The zero-order valence-electron chi connectivity index (χ0n) is 13.8. The van der Waals surface area contributed by atoms with Gasteiger partial charge in [-0.25, -0.2) is 0 Å². The number of aromatic nitrogens is 2. The molecule has 0 radical (unpaired) electrons. The summed E-state index contributed by atoms with van der Waals surface area (Å²) in [6.45, 7) is 3.47. The maximum Gasteiger partial charge on any atom is 0.280 e. The second kappa shape index (κ2) is 7.26. The van der Waals surface area contributed by atoms with Crippen molar-refractivity contribution < 1.29 is 9.59 Å². The standard InChI is InChI=1S/C16H14Cl3N5O2/c1-8(2)15(25)21-14-13(23-5-3-4-20-23)16(26)24(22-14)12-10(18)6-9(17)7-11(12)19/h3-8,13H,1-2H3,(H,21,22,25). The van der Waals surface area contributed by atoms with Gasteiger partial charge in [0, 0.05) is 23.3 Å². The first-order valence-corrected chi connectivity index (χ1v) is 8.80. The molecule has 2 heterocycles. The number of halogens is 3. The van der Waals surface area contributed by atoms with Crippen LogP contribution in [-0.4, -0.2) is 27.4 Å². The monoisotopic (exact) mass is 413 g/mol. The lowest BCUT2D eigenvalue weighted by molar-refractivity contribution is -0.122. The fraction of sp³-hybridized carbons (Fsp3) is 0.250. The largest absolute Gasteiger partial charge is 0.310 e. The van der Waals surface area contributed by atoms with Gasteiger partial charge in [0.05, 0.1) is 10.0 Å². The van der Waals surface area contributed by atoms with Crippen molar-refractivity contribution in [2.45, 2.75) is 19.9 Å². The van der Waals surface area contributed by atoms with E-state index in [9.17, 15) is 9.59 Å². The second-order valence-electron chi connectivity index (χ2n) is 5.89. The lowest BCUT2D eigenvalue weighted by Gasteiger charge is -2.17. The minimum Gasteiger partial charge on any atom is -0.310 e. The van der Waals surface area contributed by atoms with Crippen LogP contribution >= 0.6 is 34.8 Å². The SMILES string of the molecule is CC(C)C(=O)NC1=NN(c2c(Cl)cc(Cl)cc2Cl)C(=O)C1n1cccn1. The number of carbonyl (C=O) groups is 2. The first kappa shape index (κ1) is 18.7. The summed E-state index contributed by atoms with van der Waals surface area (Å²) in [5.74, 6) is -0.884. The zero-order valence-corrected chi connectivity index (χ0v) is 16.0. The van der Waals surface area contributed by atoms with Crippen LogP contribution in [0.4, 0.5) is 5.69 Å². The highest BCUT2D eigenvalue weighted by molar-refractivity contribution is 6.42. The summed E-state index contributed by atoms with van der Waals surface area (Å²) in [5.41, 5.74) is 0.189. The van der Waals surface area contributed by atoms with Gasteiger partial charge in [0.25, 0.3) is 5.91 Å². The van der Waals surface area contributed by atoms with E-state index in [1.165, 1.54) is 23.0 Å². The average Bonchev–Trinajstić information content (AvgIpc) is 3.15. The van der Waals surface area contributed by atoms with Gasteiger partial charge in [-0.15, -0.1) is 5.10 Å². The van der Waals surface area contributed by atoms with Gasteiger partial charge in [0.2, 0.25) is 5.91 Å². The van der Waals surface area contributed by atoms with E-state index in [2.05, 4.69) is 15.5 Å². The van der Waals surface area contributed by atoms with Crippen molar-refractivity contribution in [1.29, 1.82) is 0 Å². The van der Waals surface area contributed by atoms with E-state index in [0.29, 0.717) is 5.02 Å². The van der Waals surface area contributed by atoms with Crippen molar-refractivity contribution >= 4 is 58.1 Å². The Morgan fingerprint density at radius 1 is 1.23 bits per heavy atom. The molecule has 0 saturated carbocycles. The molecule has 7 nitrogen and oxygen atoms in total. The smallest absolute Gasteiger partial charge is 0.280 e.